The molecule has 32 heavy (non-hydrogen) atoms. The second-order valence-electron chi connectivity index (χ2n) is 8.39. The first-order valence-electron chi connectivity index (χ1n) is 11.1. The van der Waals surface area contributed by atoms with Crippen molar-refractivity contribution in [2.45, 2.75) is 39.5 Å². The Labute approximate surface area is 189 Å². The van der Waals surface area contributed by atoms with Crippen LogP contribution in [0.25, 0.3) is 6.08 Å². The number of hydrogen-bond acceptors (Lipinski definition) is 5. The third kappa shape index (κ3) is 5.58. The van der Waals surface area contributed by atoms with Crippen molar-refractivity contribution in [3.8, 4) is 0 Å². The Morgan fingerprint density at radius 3 is 2.47 bits per heavy atom. The van der Waals surface area contributed by atoms with E-state index >= 15 is 0 Å². The minimum atomic E-state index is 0.0493. The minimum Gasteiger partial charge on any atom is -0.338 e. The van der Waals surface area contributed by atoms with Crippen molar-refractivity contribution in [3.05, 3.63) is 82.9 Å². The van der Waals surface area contributed by atoms with E-state index in [9.17, 15) is 4.79 Å². The average molecular weight is 428 g/mol. The first kappa shape index (κ1) is 21.7. The van der Waals surface area contributed by atoms with Crippen molar-refractivity contribution in [3.63, 3.8) is 0 Å². The van der Waals surface area contributed by atoms with Gasteiger partial charge in [0.05, 0.1) is 0 Å². The summed E-state index contributed by atoms with van der Waals surface area (Å²) in [7, 11) is 0. The summed E-state index contributed by atoms with van der Waals surface area (Å²) in [6, 6.07) is 15.9. The van der Waals surface area contributed by atoms with Crippen LogP contribution in [0.1, 0.15) is 47.1 Å². The number of pyridine rings is 1. The van der Waals surface area contributed by atoms with Gasteiger partial charge in [-0.2, -0.15) is 0 Å². The van der Waals surface area contributed by atoms with Gasteiger partial charge in [-0.25, -0.2) is 9.97 Å². The lowest BCUT2D eigenvalue weighted by Gasteiger charge is -2.32. The van der Waals surface area contributed by atoms with Crippen LogP contribution in [0.15, 0.2) is 54.6 Å². The molecule has 0 radical (unpaired) electrons. The Morgan fingerprint density at radius 1 is 1.00 bits per heavy atom. The van der Waals surface area contributed by atoms with Crippen LogP contribution >= 0.6 is 0 Å². The number of aryl methyl sites for hydroxylation is 3. The standard InChI is InChI=1S/C26H29N5O/c1-18-14-19(2)29-26(28-18)30-23-15-20(3)27-24(16-23)22-10-7-13-31(17-22)25(32)12-11-21-8-5-4-6-9-21/h4-6,8-9,11-12,14-16,22H,7,10,13,17H2,1-3H3,(H,27,28,29,30)/b12-11+. The highest BCUT2D eigenvalue weighted by atomic mass is 16.2. The van der Waals surface area contributed by atoms with Crippen LogP contribution < -0.4 is 5.32 Å². The van der Waals surface area contributed by atoms with Crippen LogP contribution in [0.5, 0.6) is 0 Å². The molecule has 6 nitrogen and oxygen atoms in total. The maximum absolute atomic E-state index is 12.8. The molecule has 1 amide bonds. The van der Waals surface area contributed by atoms with E-state index in [2.05, 4.69) is 21.4 Å². The molecule has 4 rings (SSSR count). The Balaban J connectivity index is 1.48. The minimum absolute atomic E-state index is 0.0493. The first-order chi connectivity index (χ1) is 15.5. The van der Waals surface area contributed by atoms with Gasteiger partial charge in [-0.15, -0.1) is 0 Å². The molecule has 1 fully saturated rings. The number of benzene rings is 1. The van der Waals surface area contributed by atoms with Crippen LogP contribution in [0.3, 0.4) is 0 Å². The lowest BCUT2D eigenvalue weighted by Crippen LogP contribution is -2.38. The molecular weight excluding hydrogens is 398 g/mol. The number of hydrogen-bond donors (Lipinski definition) is 1. The SMILES string of the molecule is Cc1cc(Nc2nc(C)cc(C)n2)cc(C2CCCN(C(=O)/C=C/c3ccccc3)C2)n1. The van der Waals surface area contributed by atoms with Crippen molar-refractivity contribution in [2.75, 3.05) is 18.4 Å². The predicted molar refractivity (Wildman–Crippen MR) is 128 cm³/mol. The fourth-order valence-electron chi connectivity index (χ4n) is 4.14. The van der Waals surface area contributed by atoms with E-state index in [0.717, 1.165) is 53.4 Å². The molecule has 1 N–H and O–H groups in total. The number of aromatic nitrogens is 3. The molecule has 0 bridgehead atoms. The number of amides is 1. The number of piperidine rings is 1. The third-order valence-corrected chi connectivity index (χ3v) is 5.58. The van der Waals surface area contributed by atoms with Gasteiger partial charge in [0.2, 0.25) is 11.9 Å². The fourth-order valence-corrected chi connectivity index (χ4v) is 4.14. The molecule has 1 aliphatic rings. The van der Waals surface area contributed by atoms with Gasteiger partial charge in [0, 0.05) is 53.5 Å². The van der Waals surface area contributed by atoms with Gasteiger partial charge in [-0.3, -0.25) is 9.78 Å². The molecular formula is C26H29N5O. The number of carbonyl (C=O) groups is 1. The topological polar surface area (TPSA) is 71.0 Å². The predicted octanol–water partition coefficient (Wildman–Crippen LogP) is 4.96. The zero-order valence-corrected chi connectivity index (χ0v) is 18.9. The molecule has 0 spiro atoms. The van der Waals surface area contributed by atoms with E-state index in [0.29, 0.717) is 12.5 Å². The quantitative estimate of drug-likeness (QED) is 0.583. The van der Waals surface area contributed by atoms with Crippen LogP contribution in [0.2, 0.25) is 0 Å². The highest BCUT2D eigenvalue weighted by molar-refractivity contribution is 5.91. The third-order valence-electron chi connectivity index (χ3n) is 5.58. The van der Waals surface area contributed by atoms with E-state index in [1.807, 2.05) is 74.2 Å². The lowest BCUT2D eigenvalue weighted by molar-refractivity contribution is -0.127. The summed E-state index contributed by atoms with van der Waals surface area (Å²) in [5, 5.41) is 3.32. The number of nitrogens with one attached hydrogen (secondary N) is 1. The summed E-state index contributed by atoms with van der Waals surface area (Å²) in [5.41, 5.74) is 5.74. The molecule has 0 aliphatic carbocycles. The summed E-state index contributed by atoms with van der Waals surface area (Å²) in [6.45, 7) is 7.37. The van der Waals surface area contributed by atoms with E-state index in [-0.39, 0.29) is 11.8 Å². The summed E-state index contributed by atoms with van der Waals surface area (Å²) in [4.78, 5) is 28.4. The summed E-state index contributed by atoms with van der Waals surface area (Å²) >= 11 is 0. The Bertz CT molecular complexity index is 1110. The number of carbonyl (C=O) groups excluding carboxylic acids is 1. The molecule has 164 valence electrons. The van der Waals surface area contributed by atoms with Crippen LogP contribution in [-0.4, -0.2) is 38.8 Å². The van der Waals surface area contributed by atoms with E-state index in [1.54, 1.807) is 6.08 Å². The zero-order chi connectivity index (χ0) is 22.5. The number of anilines is 2. The smallest absolute Gasteiger partial charge is 0.246 e. The van der Waals surface area contributed by atoms with Gasteiger partial charge in [-0.05, 0) is 63.5 Å². The molecule has 0 saturated carbocycles. The van der Waals surface area contributed by atoms with Gasteiger partial charge >= 0.3 is 0 Å². The second kappa shape index (κ2) is 9.73. The molecule has 1 aromatic carbocycles. The Hall–Kier alpha value is -3.54. The molecule has 1 unspecified atom stereocenters. The Kier molecular flexibility index (Phi) is 6.59. The summed E-state index contributed by atoms with van der Waals surface area (Å²) < 4.78 is 0. The van der Waals surface area contributed by atoms with Gasteiger partial charge < -0.3 is 10.2 Å². The van der Waals surface area contributed by atoms with E-state index in [1.165, 1.54) is 0 Å². The summed E-state index contributed by atoms with van der Waals surface area (Å²) in [5.74, 6) is 0.845. The number of rotatable bonds is 5. The normalized spacial score (nSPS) is 16.3. The van der Waals surface area contributed by atoms with E-state index < -0.39 is 0 Å². The maximum Gasteiger partial charge on any atom is 0.246 e. The second-order valence-corrected chi connectivity index (χ2v) is 8.39. The fraction of sp³-hybridized carbons (Fsp3) is 0.308. The van der Waals surface area contributed by atoms with Gasteiger partial charge in [0.1, 0.15) is 0 Å². The van der Waals surface area contributed by atoms with Crippen molar-refractivity contribution in [2.24, 2.45) is 0 Å². The molecule has 3 heterocycles. The van der Waals surface area contributed by atoms with Crippen molar-refractivity contribution >= 4 is 23.6 Å². The highest BCUT2D eigenvalue weighted by Crippen LogP contribution is 2.28. The molecule has 6 heteroatoms. The van der Waals surface area contributed by atoms with Gasteiger partial charge in [-0.1, -0.05) is 30.3 Å². The van der Waals surface area contributed by atoms with E-state index in [4.69, 9.17) is 4.98 Å². The largest absolute Gasteiger partial charge is 0.338 e. The monoisotopic (exact) mass is 427 g/mol. The maximum atomic E-state index is 12.8. The molecule has 1 aliphatic heterocycles. The van der Waals surface area contributed by atoms with Gasteiger partial charge in [0.25, 0.3) is 0 Å². The zero-order valence-electron chi connectivity index (χ0n) is 18.9. The number of nitrogens with zero attached hydrogens (tertiary/aromatic N) is 4. The van der Waals surface area contributed by atoms with Crippen molar-refractivity contribution in [1.82, 2.24) is 19.9 Å². The van der Waals surface area contributed by atoms with Crippen molar-refractivity contribution < 1.29 is 4.79 Å². The van der Waals surface area contributed by atoms with Crippen LogP contribution in [0, 0.1) is 20.8 Å². The Morgan fingerprint density at radius 2 is 1.72 bits per heavy atom. The van der Waals surface area contributed by atoms with Crippen LogP contribution in [0.4, 0.5) is 11.6 Å². The van der Waals surface area contributed by atoms with Gasteiger partial charge in [0.15, 0.2) is 0 Å². The lowest BCUT2D eigenvalue weighted by atomic mass is 9.93. The van der Waals surface area contributed by atoms with Crippen molar-refractivity contribution in [1.29, 1.82) is 0 Å². The first-order valence-corrected chi connectivity index (χ1v) is 11.1. The van der Waals surface area contributed by atoms with Crippen LogP contribution in [-0.2, 0) is 4.79 Å². The number of likely N-dealkylation sites (tertiary alicyclic amines) is 1. The average Bonchev–Trinajstić information content (AvgIpc) is 2.77. The molecule has 1 atom stereocenters. The highest BCUT2D eigenvalue weighted by Gasteiger charge is 2.25. The summed E-state index contributed by atoms with van der Waals surface area (Å²) in [6.07, 6.45) is 5.53. The molecule has 1 saturated heterocycles. The molecule has 2 aromatic heterocycles. The molecule has 3 aromatic rings.